The number of phenolic OH excluding ortho intramolecular Hbond substituents is 1. The molecule has 2 N–H and O–H groups in total. The van der Waals surface area contributed by atoms with Crippen molar-refractivity contribution in [2.45, 2.75) is 24.9 Å². The second-order valence-corrected chi connectivity index (χ2v) is 7.33. The lowest BCUT2D eigenvalue weighted by molar-refractivity contribution is -0.137. The summed E-state index contributed by atoms with van der Waals surface area (Å²) < 4.78 is 62.7. The SMILES string of the molecule is Cc1cc(C(O)=CS(=O)(=O)c2cccc(C(F)(F)F)c2)cc(C)c1O. The number of alkyl halides is 3. The van der Waals surface area contributed by atoms with Crippen LogP contribution in [0.5, 0.6) is 5.75 Å². The van der Waals surface area contributed by atoms with Crippen molar-refractivity contribution < 1.29 is 31.8 Å². The number of hydrogen-bond acceptors (Lipinski definition) is 4. The molecule has 0 atom stereocenters. The number of aliphatic hydroxyl groups is 1. The molecular weight excluding hydrogens is 357 g/mol. The molecule has 0 radical (unpaired) electrons. The van der Waals surface area contributed by atoms with Crippen molar-refractivity contribution in [1.29, 1.82) is 0 Å². The molecule has 0 aliphatic heterocycles. The van der Waals surface area contributed by atoms with Gasteiger partial charge in [-0.2, -0.15) is 13.2 Å². The Morgan fingerprint density at radius 2 is 1.64 bits per heavy atom. The Morgan fingerprint density at radius 3 is 2.16 bits per heavy atom. The Hall–Kier alpha value is -2.48. The van der Waals surface area contributed by atoms with Crippen LogP contribution in [0.2, 0.25) is 0 Å². The van der Waals surface area contributed by atoms with Gasteiger partial charge in [0.1, 0.15) is 11.5 Å². The molecule has 2 aromatic rings. The summed E-state index contributed by atoms with van der Waals surface area (Å²) in [5.41, 5.74) is -0.126. The summed E-state index contributed by atoms with van der Waals surface area (Å²) in [7, 11) is -4.30. The zero-order chi connectivity index (χ0) is 19.0. The molecule has 0 fully saturated rings. The van der Waals surface area contributed by atoms with Crippen LogP contribution < -0.4 is 0 Å². The minimum Gasteiger partial charge on any atom is -0.507 e. The number of rotatable bonds is 3. The minimum atomic E-state index is -4.68. The number of benzene rings is 2. The van der Waals surface area contributed by atoms with E-state index in [1.807, 2.05) is 0 Å². The van der Waals surface area contributed by atoms with Crippen molar-refractivity contribution >= 4 is 15.6 Å². The molecule has 0 heterocycles. The van der Waals surface area contributed by atoms with Gasteiger partial charge < -0.3 is 10.2 Å². The van der Waals surface area contributed by atoms with E-state index in [0.29, 0.717) is 22.6 Å². The van der Waals surface area contributed by atoms with Crippen LogP contribution >= 0.6 is 0 Å². The van der Waals surface area contributed by atoms with Crippen molar-refractivity contribution in [3.8, 4) is 5.75 Å². The smallest absolute Gasteiger partial charge is 0.416 e. The third-order valence-corrected chi connectivity index (χ3v) is 4.99. The fourth-order valence-corrected chi connectivity index (χ4v) is 3.36. The van der Waals surface area contributed by atoms with Crippen molar-refractivity contribution in [3.63, 3.8) is 0 Å². The van der Waals surface area contributed by atoms with E-state index in [2.05, 4.69) is 0 Å². The monoisotopic (exact) mass is 372 g/mol. The summed E-state index contributed by atoms with van der Waals surface area (Å²) in [5, 5.41) is 20.3. The molecule has 0 aromatic heterocycles. The molecule has 8 heteroatoms. The van der Waals surface area contributed by atoms with Crippen LogP contribution in [0.1, 0.15) is 22.3 Å². The lowest BCUT2D eigenvalue weighted by Crippen LogP contribution is -2.07. The normalized spacial score (nSPS) is 13.1. The molecule has 0 spiro atoms. The van der Waals surface area contributed by atoms with E-state index in [1.54, 1.807) is 13.8 Å². The predicted octanol–water partition coefficient (Wildman–Crippen LogP) is 4.36. The molecular formula is C17H15F3O4S. The van der Waals surface area contributed by atoms with Crippen molar-refractivity contribution in [3.05, 3.63) is 64.1 Å². The average molecular weight is 372 g/mol. The van der Waals surface area contributed by atoms with Gasteiger partial charge >= 0.3 is 6.18 Å². The second kappa shape index (κ2) is 6.44. The second-order valence-electron chi connectivity index (χ2n) is 5.53. The maximum atomic E-state index is 12.7. The van der Waals surface area contributed by atoms with Crippen molar-refractivity contribution in [1.82, 2.24) is 0 Å². The van der Waals surface area contributed by atoms with E-state index in [0.717, 1.165) is 18.2 Å². The van der Waals surface area contributed by atoms with Gasteiger partial charge in [-0.1, -0.05) is 6.07 Å². The topological polar surface area (TPSA) is 74.6 Å². The van der Waals surface area contributed by atoms with Crippen LogP contribution in [-0.2, 0) is 16.0 Å². The van der Waals surface area contributed by atoms with Crippen molar-refractivity contribution in [2.75, 3.05) is 0 Å². The van der Waals surface area contributed by atoms with Crippen molar-refractivity contribution in [2.24, 2.45) is 0 Å². The van der Waals surface area contributed by atoms with Gasteiger partial charge in [0.2, 0.25) is 9.84 Å². The van der Waals surface area contributed by atoms with Gasteiger partial charge in [0.05, 0.1) is 15.9 Å². The van der Waals surface area contributed by atoms with Gasteiger partial charge in [0.25, 0.3) is 0 Å². The maximum absolute atomic E-state index is 12.7. The van der Waals surface area contributed by atoms with E-state index < -0.39 is 32.2 Å². The summed E-state index contributed by atoms with van der Waals surface area (Å²) in [6, 6.07) is 6.00. The summed E-state index contributed by atoms with van der Waals surface area (Å²) in [6.07, 6.45) is -4.68. The first-order valence-electron chi connectivity index (χ1n) is 7.05. The van der Waals surface area contributed by atoms with E-state index in [9.17, 15) is 31.8 Å². The van der Waals surface area contributed by atoms with Crippen LogP contribution in [0.15, 0.2) is 46.7 Å². The van der Waals surface area contributed by atoms with E-state index in [4.69, 9.17) is 0 Å². The number of sulfone groups is 1. The highest BCUT2D eigenvalue weighted by Gasteiger charge is 2.31. The van der Waals surface area contributed by atoms with Crippen LogP contribution in [-0.4, -0.2) is 18.6 Å². The zero-order valence-corrected chi connectivity index (χ0v) is 14.1. The number of aryl methyl sites for hydroxylation is 2. The van der Waals surface area contributed by atoms with Gasteiger partial charge in [0, 0.05) is 5.56 Å². The van der Waals surface area contributed by atoms with Gasteiger partial charge in [0.15, 0.2) is 0 Å². The highest BCUT2D eigenvalue weighted by molar-refractivity contribution is 7.94. The number of halogens is 3. The van der Waals surface area contributed by atoms with Crippen LogP contribution in [0, 0.1) is 13.8 Å². The maximum Gasteiger partial charge on any atom is 0.416 e. The fourth-order valence-electron chi connectivity index (χ4n) is 2.24. The molecule has 2 aromatic carbocycles. The van der Waals surface area contributed by atoms with Gasteiger partial charge in [-0.15, -0.1) is 0 Å². The first-order valence-corrected chi connectivity index (χ1v) is 8.60. The van der Waals surface area contributed by atoms with E-state index in [-0.39, 0.29) is 11.3 Å². The Bertz CT molecular complexity index is 922. The molecule has 0 amide bonds. The fraction of sp³-hybridized carbons (Fsp3) is 0.176. The molecule has 134 valence electrons. The number of aromatic hydroxyl groups is 1. The van der Waals surface area contributed by atoms with E-state index >= 15 is 0 Å². The number of hydrogen-bond donors (Lipinski definition) is 2. The Kier molecular flexibility index (Phi) is 4.85. The molecule has 2 rings (SSSR count). The summed E-state index contributed by atoms with van der Waals surface area (Å²) in [6.45, 7) is 3.14. The standard InChI is InChI=1S/C17H15F3O4S/c1-10-6-12(7-11(2)16(10)22)15(21)9-25(23,24)14-5-3-4-13(8-14)17(18,19)20/h3-9,21-22H,1-2H3. The molecule has 0 saturated heterocycles. The molecule has 0 aliphatic carbocycles. The largest absolute Gasteiger partial charge is 0.507 e. The average Bonchev–Trinajstić information content (AvgIpc) is 2.51. The molecule has 25 heavy (non-hydrogen) atoms. The molecule has 0 saturated carbocycles. The van der Waals surface area contributed by atoms with Crippen LogP contribution in [0.3, 0.4) is 0 Å². The van der Waals surface area contributed by atoms with E-state index in [1.165, 1.54) is 12.1 Å². The van der Waals surface area contributed by atoms with Gasteiger partial charge in [-0.05, 0) is 55.3 Å². The van der Waals surface area contributed by atoms with Gasteiger partial charge in [-0.25, -0.2) is 8.42 Å². The highest BCUT2D eigenvalue weighted by atomic mass is 32.2. The quantitative estimate of drug-likeness (QED) is 0.785. The summed E-state index contributed by atoms with van der Waals surface area (Å²) in [5.74, 6) is -0.624. The number of aliphatic hydroxyl groups excluding tert-OH is 1. The third-order valence-electron chi connectivity index (χ3n) is 3.54. The Labute approximate surface area is 142 Å². The van der Waals surface area contributed by atoms with Crippen LogP contribution in [0.25, 0.3) is 5.76 Å². The molecule has 0 bridgehead atoms. The zero-order valence-electron chi connectivity index (χ0n) is 13.3. The number of phenols is 1. The molecule has 0 unspecified atom stereocenters. The minimum absolute atomic E-state index is 0.0114. The first kappa shape index (κ1) is 18.9. The Balaban J connectivity index is 2.49. The lowest BCUT2D eigenvalue weighted by atomic mass is 10.1. The van der Waals surface area contributed by atoms with Gasteiger partial charge in [-0.3, -0.25) is 0 Å². The Morgan fingerprint density at radius 1 is 1.08 bits per heavy atom. The lowest BCUT2D eigenvalue weighted by Gasteiger charge is -2.09. The highest BCUT2D eigenvalue weighted by Crippen LogP contribution is 2.31. The first-order chi connectivity index (χ1) is 11.4. The summed E-state index contributed by atoms with van der Waals surface area (Å²) in [4.78, 5) is -0.582. The van der Waals surface area contributed by atoms with Crippen LogP contribution in [0.4, 0.5) is 13.2 Å². The predicted molar refractivity (Wildman–Crippen MR) is 86.8 cm³/mol. The molecule has 4 nitrogen and oxygen atoms in total. The third kappa shape index (κ3) is 4.14. The summed E-state index contributed by atoms with van der Waals surface area (Å²) >= 11 is 0. The molecule has 0 aliphatic rings.